The molecule has 17 heavy (non-hydrogen) atoms. The van der Waals surface area contributed by atoms with Crippen molar-refractivity contribution in [3.05, 3.63) is 28.8 Å². The minimum atomic E-state index is 0. The highest BCUT2D eigenvalue weighted by Gasteiger charge is 2.10. The van der Waals surface area contributed by atoms with Gasteiger partial charge in [0.25, 0.3) is 0 Å². The van der Waals surface area contributed by atoms with Gasteiger partial charge in [0, 0.05) is 23.7 Å². The van der Waals surface area contributed by atoms with E-state index in [0.717, 1.165) is 24.4 Å². The highest BCUT2D eigenvalue weighted by Crippen LogP contribution is 2.23. The van der Waals surface area contributed by atoms with E-state index in [1.165, 1.54) is 0 Å². The van der Waals surface area contributed by atoms with Crippen molar-refractivity contribution in [1.29, 1.82) is 0 Å². The Hall–Kier alpha value is -0.440. The zero-order chi connectivity index (χ0) is 12.2. The third-order valence-corrected chi connectivity index (χ3v) is 2.45. The first-order valence-corrected chi connectivity index (χ1v) is 5.83. The summed E-state index contributed by atoms with van der Waals surface area (Å²) in [4.78, 5) is 0. The fourth-order valence-corrected chi connectivity index (χ4v) is 1.60. The first-order valence-electron chi connectivity index (χ1n) is 5.45. The van der Waals surface area contributed by atoms with Gasteiger partial charge in [-0.15, -0.1) is 12.4 Å². The standard InChI is InChI=1S/C13H20ClNO.ClH/c1-13(2,3)9-15-8-10-5-6-11(14)7-12(10)16-4;/h5-7,15H,8-9H2,1-4H3;1H. The molecular weight excluding hydrogens is 257 g/mol. The zero-order valence-electron chi connectivity index (χ0n) is 10.8. The third-order valence-electron chi connectivity index (χ3n) is 2.22. The number of halogens is 2. The molecule has 0 fully saturated rings. The molecule has 0 spiro atoms. The van der Waals surface area contributed by atoms with Crippen LogP contribution in [0, 0.1) is 5.41 Å². The molecule has 0 atom stereocenters. The topological polar surface area (TPSA) is 21.3 Å². The van der Waals surface area contributed by atoms with Gasteiger partial charge in [-0.05, 0) is 17.5 Å². The second-order valence-corrected chi connectivity index (χ2v) is 5.56. The molecule has 1 aromatic carbocycles. The van der Waals surface area contributed by atoms with Crippen LogP contribution in [-0.4, -0.2) is 13.7 Å². The average molecular weight is 278 g/mol. The van der Waals surface area contributed by atoms with Gasteiger partial charge >= 0.3 is 0 Å². The monoisotopic (exact) mass is 277 g/mol. The van der Waals surface area contributed by atoms with Crippen LogP contribution in [0.25, 0.3) is 0 Å². The summed E-state index contributed by atoms with van der Waals surface area (Å²) in [5.74, 6) is 0.842. The molecule has 0 amide bonds. The van der Waals surface area contributed by atoms with Gasteiger partial charge in [0.2, 0.25) is 0 Å². The number of hydrogen-bond donors (Lipinski definition) is 1. The van der Waals surface area contributed by atoms with Crippen molar-refractivity contribution >= 4 is 24.0 Å². The summed E-state index contributed by atoms with van der Waals surface area (Å²) in [6, 6.07) is 5.73. The average Bonchev–Trinajstić information content (AvgIpc) is 2.18. The van der Waals surface area contributed by atoms with Crippen LogP contribution >= 0.6 is 24.0 Å². The maximum atomic E-state index is 5.90. The lowest BCUT2D eigenvalue weighted by molar-refractivity contribution is 0.373. The van der Waals surface area contributed by atoms with Crippen molar-refractivity contribution in [3.8, 4) is 5.75 Å². The number of nitrogens with one attached hydrogen (secondary N) is 1. The quantitative estimate of drug-likeness (QED) is 0.901. The molecule has 0 saturated heterocycles. The van der Waals surface area contributed by atoms with E-state index in [1.807, 2.05) is 18.2 Å². The Labute approximate surface area is 115 Å². The largest absolute Gasteiger partial charge is 0.496 e. The normalized spacial score (nSPS) is 10.9. The van der Waals surface area contributed by atoms with Gasteiger partial charge < -0.3 is 10.1 Å². The molecular formula is C13H21Cl2NO. The summed E-state index contributed by atoms with van der Waals surface area (Å²) < 4.78 is 5.28. The summed E-state index contributed by atoms with van der Waals surface area (Å²) >= 11 is 5.90. The highest BCUT2D eigenvalue weighted by atomic mass is 35.5. The zero-order valence-corrected chi connectivity index (χ0v) is 12.4. The molecule has 4 heteroatoms. The van der Waals surface area contributed by atoms with Crippen LogP contribution in [0.2, 0.25) is 5.02 Å². The first kappa shape index (κ1) is 16.6. The molecule has 0 aromatic heterocycles. The fraction of sp³-hybridized carbons (Fsp3) is 0.538. The van der Waals surface area contributed by atoms with Gasteiger partial charge in [-0.3, -0.25) is 0 Å². The smallest absolute Gasteiger partial charge is 0.124 e. The molecule has 1 aromatic rings. The van der Waals surface area contributed by atoms with E-state index in [9.17, 15) is 0 Å². The van der Waals surface area contributed by atoms with Gasteiger partial charge in [0.15, 0.2) is 0 Å². The SMILES string of the molecule is COc1cc(Cl)ccc1CNCC(C)(C)C.Cl. The summed E-state index contributed by atoms with van der Waals surface area (Å²) in [5, 5.41) is 4.12. The summed E-state index contributed by atoms with van der Waals surface area (Å²) in [5.41, 5.74) is 1.43. The second kappa shape index (κ2) is 7.10. The Kier molecular flexibility index (Phi) is 6.91. The molecule has 0 radical (unpaired) electrons. The number of hydrogen-bond acceptors (Lipinski definition) is 2. The van der Waals surface area contributed by atoms with E-state index in [1.54, 1.807) is 7.11 Å². The number of benzene rings is 1. The van der Waals surface area contributed by atoms with Crippen LogP contribution in [0.1, 0.15) is 26.3 Å². The minimum absolute atomic E-state index is 0. The maximum Gasteiger partial charge on any atom is 0.124 e. The lowest BCUT2D eigenvalue weighted by atomic mass is 9.97. The lowest BCUT2D eigenvalue weighted by Gasteiger charge is -2.19. The predicted molar refractivity (Wildman–Crippen MR) is 76.4 cm³/mol. The van der Waals surface area contributed by atoms with E-state index >= 15 is 0 Å². The Morgan fingerprint density at radius 3 is 2.47 bits per heavy atom. The predicted octanol–water partition coefficient (Wildman–Crippen LogP) is 3.91. The van der Waals surface area contributed by atoms with Crippen molar-refractivity contribution in [2.75, 3.05) is 13.7 Å². The Morgan fingerprint density at radius 2 is 1.94 bits per heavy atom. The maximum absolute atomic E-state index is 5.90. The molecule has 98 valence electrons. The van der Waals surface area contributed by atoms with E-state index < -0.39 is 0 Å². The highest BCUT2D eigenvalue weighted by molar-refractivity contribution is 6.30. The molecule has 0 aliphatic carbocycles. The van der Waals surface area contributed by atoms with Crippen LogP contribution in [0.5, 0.6) is 5.75 Å². The van der Waals surface area contributed by atoms with Gasteiger partial charge in [-0.25, -0.2) is 0 Å². The van der Waals surface area contributed by atoms with Gasteiger partial charge in [0.1, 0.15) is 5.75 Å². The number of ether oxygens (including phenoxy) is 1. The van der Waals surface area contributed by atoms with Crippen LogP contribution in [0.4, 0.5) is 0 Å². The molecule has 0 aliphatic rings. The van der Waals surface area contributed by atoms with E-state index in [4.69, 9.17) is 16.3 Å². The Morgan fingerprint density at radius 1 is 1.29 bits per heavy atom. The third kappa shape index (κ3) is 6.16. The molecule has 1 rings (SSSR count). The molecule has 1 N–H and O–H groups in total. The fourth-order valence-electron chi connectivity index (χ4n) is 1.44. The number of rotatable bonds is 4. The molecule has 0 saturated carbocycles. The van der Waals surface area contributed by atoms with Crippen LogP contribution < -0.4 is 10.1 Å². The molecule has 2 nitrogen and oxygen atoms in total. The molecule has 0 aliphatic heterocycles. The van der Waals surface area contributed by atoms with Crippen LogP contribution in [-0.2, 0) is 6.54 Å². The van der Waals surface area contributed by atoms with E-state index in [2.05, 4.69) is 26.1 Å². The van der Waals surface area contributed by atoms with Gasteiger partial charge in [-0.2, -0.15) is 0 Å². The van der Waals surface area contributed by atoms with Crippen molar-refractivity contribution in [1.82, 2.24) is 5.32 Å². The van der Waals surface area contributed by atoms with Crippen LogP contribution in [0.15, 0.2) is 18.2 Å². The van der Waals surface area contributed by atoms with Crippen LogP contribution in [0.3, 0.4) is 0 Å². The number of methoxy groups -OCH3 is 1. The van der Waals surface area contributed by atoms with Crippen molar-refractivity contribution in [2.45, 2.75) is 27.3 Å². The Balaban J connectivity index is 0.00000256. The van der Waals surface area contributed by atoms with Gasteiger partial charge in [0.05, 0.1) is 7.11 Å². The summed E-state index contributed by atoms with van der Waals surface area (Å²) in [6.07, 6.45) is 0. The second-order valence-electron chi connectivity index (χ2n) is 5.12. The van der Waals surface area contributed by atoms with E-state index in [0.29, 0.717) is 10.4 Å². The molecule has 0 heterocycles. The van der Waals surface area contributed by atoms with Gasteiger partial charge in [-0.1, -0.05) is 38.4 Å². The first-order chi connectivity index (χ1) is 7.42. The molecule has 0 bridgehead atoms. The lowest BCUT2D eigenvalue weighted by Crippen LogP contribution is -2.26. The van der Waals surface area contributed by atoms with Crippen molar-refractivity contribution in [2.24, 2.45) is 5.41 Å². The molecule has 0 unspecified atom stereocenters. The minimum Gasteiger partial charge on any atom is -0.496 e. The van der Waals surface area contributed by atoms with Crippen molar-refractivity contribution in [3.63, 3.8) is 0 Å². The summed E-state index contributed by atoms with van der Waals surface area (Å²) in [6.45, 7) is 8.40. The van der Waals surface area contributed by atoms with E-state index in [-0.39, 0.29) is 12.4 Å². The van der Waals surface area contributed by atoms with Crippen molar-refractivity contribution < 1.29 is 4.74 Å². The summed E-state index contributed by atoms with van der Waals surface area (Å²) in [7, 11) is 1.67. The Bertz CT molecular complexity index is 348.